The van der Waals surface area contributed by atoms with E-state index in [0.29, 0.717) is 5.41 Å². The van der Waals surface area contributed by atoms with Crippen molar-refractivity contribution in [1.29, 1.82) is 0 Å². The highest BCUT2D eigenvalue weighted by molar-refractivity contribution is 9.10. The molecule has 1 aromatic rings. The van der Waals surface area contributed by atoms with Gasteiger partial charge >= 0.3 is 0 Å². The van der Waals surface area contributed by atoms with Crippen molar-refractivity contribution in [1.82, 2.24) is 0 Å². The molecule has 1 aliphatic carbocycles. The number of benzene rings is 1. The second kappa shape index (κ2) is 4.76. The fourth-order valence-electron chi connectivity index (χ4n) is 3.51. The molecule has 0 aromatic heterocycles. The van der Waals surface area contributed by atoms with Crippen molar-refractivity contribution in [3.05, 3.63) is 22.7 Å². The van der Waals surface area contributed by atoms with Gasteiger partial charge < -0.3 is 10.6 Å². The maximum atomic E-state index is 5.80. The van der Waals surface area contributed by atoms with Crippen molar-refractivity contribution in [3.8, 4) is 0 Å². The Morgan fingerprint density at radius 3 is 2.33 bits per heavy atom. The highest BCUT2D eigenvalue weighted by Gasteiger charge is 2.42. The molecular formula is C15H21BrN2. The van der Waals surface area contributed by atoms with Gasteiger partial charge in [0.05, 0.1) is 5.69 Å². The molecule has 0 radical (unpaired) electrons. The molecule has 2 aliphatic rings. The first kappa shape index (κ1) is 12.3. The minimum Gasteiger partial charge on any atom is -0.399 e. The number of hydrogen-bond donors (Lipinski definition) is 1. The molecule has 18 heavy (non-hydrogen) atoms. The van der Waals surface area contributed by atoms with E-state index in [0.717, 1.165) is 10.2 Å². The second-order valence-corrected chi connectivity index (χ2v) is 6.84. The van der Waals surface area contributed by atoms with Crippen molar-refractivity contribution < 1.29 is 0 Å². The lowest BCUT2D eigenvalue weighted by Gasteiger charge is -2.52. The van der Waals surface area contributed by atoms with Crippen LogP contribution in [-0.2, 0) is 0 Å². The molecule has 1 aromatic carbocycles. The van der Waals surface area contributed by atoms with Crippen LogP contribution in [0.4, 0.5) is 11.4 Å². The van der Waals surface area contributed by atoms with Gasteiger partial charge in [-0.3, -0.25) is 0 Å². The van der Waals surface area contributed by atoms with Gasteiger partial charge in [0.2, 0.25) is 0 Å². The maximum absolute atomic E-state index is 5.80. The van der Waals surface area contributed by atoms with Crippen LogP contribution in [0.3, 0.4) is 0 Å². The van der Waals surface area contributed by atoms with Gasteiger partial charge in [-0.1, -0.05) is 25.7 Å². The summed E-state index contributed by atoms with van der Waals surface area (Å²) in [5.41, 5.74) is 8.55. The third-order valence-electron chi connectivity index (χ3n) is 4.53. The molecule has 1 saturated heterocycles. The average molecular weight is 309 g/mol. The number of nitrogens with zero attached hydrogens (tertiary/aromatic N) is 1. The summed E-state index contributed by atoms with van der Waals surface area (Å²) in [6.45, 7) is 2.46. The first-order chi connectivity index (χ1) is 8.69. The van der Waals surface area contributed by atoms with Gasteiger partial charge in [0.25, 0.3) is 0 Å². The van der Waals surface area contributed by atoms with Crippen molar-refractivity contribution in [3.63, 3.8) is 0 Å². The van der Waals surface area contributed by atoms with Crippen LogP contribution in [0.5, 0.6) is 0 Å². The Bertz CT molecular complexity index is 428. The molecule has 0 bridgehead atoms. The first-order valence-electron chi connectivity index (χ1n) is 6.99. The van der Waals surface area contributed by atoms with Gasteiger partial charge in [-0.05, 0) is 47.0 Å². The molecular weight excluding hydrogens is 288 g/mol. The molecule has 1 heterocycles. The standard InChI is InChI=1S/C15H21BrN2/c16-13-9-12(17)5-6-14(13)18-10-15(11-18)7-3-1-2-4-8-15/h5-6,9H,1-4,7-8,10-11,17H2. The Kier molecular flexibility index (Phi) is 3.27. The topological polar surface area (TPSA) is 29.3 Å². The molecule has 0 atom stereocenters. The van der Waals surface area contributed by atoms with Crippen LogP contribution < -0.4 is 10.6 Å². The smallest absolute Gasteiger partial charge is 0.0512 e. The normalized spacial score (nSPS) is 22.6. The third-order valence-corrected chi connectivity index (χ3v) is 5.16. The van der Waals surface area contributed by atoms with E-state index in [2.05, 4.69) is 26.9 Å². The molecule has 2 N–H and O–H groups in total. The van der Waals surface area contributed by atoms with Crippen LogP contribution >= 0.6 is 15.9 Å². The van der Waals surface area contributed by atoms with E-state index in [1.807, 2.05) is 12.1 Å². The lowest BCUT2D eigenvalue weighted by molar-refractivity contribution is 0.180. The van der Waals surface area contributed by atoms with Crippen LogP contribution in [0.15, 0.2) is 22.7 Å². The van der Waals surface area contributed by atoms with E-state index in [4.69, 9.17) is 5.73 Å². The summed E-state index contributed by atoms with van der Waals surface area (Å²) in [5.74, 6) is 0. The summed E-state index contributed by atoms with van der Waals surface area (Å²) in [7, 11) is 0. The van der Waals surface area contributed by atoms with Crippen molar-refractivity contribution in [2.75, 3.05) is 23.7 Å². The van der Waals surface area contributed by atoms with Gasteiger partial charge in [0.1, 0.15) is 0 Å². The number of rotatable bonds is 1. The van der Waals surface area contributed by atoms with Gasteiger partial charge in [-0.25, -0.2) is 0 Å². The summed E-state index contributed by atoms with van der Waals surface area (Å²) in [6.07, 6.45) is 8.58. The van der Waals surface area contributed by atoms with Gasteiger partial charge in [0, 0.05) is 28.7 Å². The number of nitrogens with two attached hydrogens (primary N) is 1. The van der Waals surface area contributed by atoms with Crippen molar-refractivity contribution in [2.45, 2.75) is 38.5 Å². The highest BCUT2D eigenvalue weighted by Crippen LogP contribution is 2.46. The molecule has 0 unspecified atom stereocenters. The molecule has 1 spiro atoms. The molecule has 2 fully saturated rings. The Morgan fingerprint density at radius 1 is 1.06 bits per heavy atom. The predicted molar refractivity (Wildman–Crippen MR) is 80.9 cm³/mol. The van der Waals surface area contributed by atoms with E-state index in [9.17, 15) is 0 Å². The Hall–Kier alpha value is -0.700. The second-order valence-electron chi connectivity index (χ2n) is 5.98. The monoisotopic (exact) mass is 308 g/mol. The number of hydrogen-bond acceptors (Lipinski definition) is 2. The maximum Gasteiger partial charge on any atom is 0.0512 e. The largest absolute Gasteiger partial charge is 0.399 e. The Balaban J connectivity index is 1.70. The Morgan fingerprint density at radius 2 is 1.72 bits per heavy atom. The number of halogens is 1. The quantitative estimate of drug-likeness (QED) is 0.788. The fourth-order valence-corrected chi connectivity index (χ4v) is 4.16. The summed E-state index contributed by atoms with van der Waals surface area (Å²) in [4.78, 5) is 2.49. The lowest BCUT2D eigenvalue weighted by Crippen LogP contribution is -2.56. The molecule has 0 amide bonds. The Labute approximate surface area is 118 Å². The summed E-state index contributed by atoms with van der Waals surface area (Å²) in [5, 5.41) is 0. The van der Waals surface area contributed by atoms with Crippen LogP contribution in [0.1, 0.15) is 38.5 Å². The molecule has 3 rings (SSSR count). The van der Waals surface area contributed by atoms with Crippen LogP contribution in [0.25, 0.3) is 0 Å². The number of nitrogen functional groups attached to an aromatic ring is 1. The third kappa shape index (κ3) is 2.25. The van der Waals surface area contributed by atoms with Gasteiger partial charge in [0.15, 0.2) is 0 Å². The minimum absolute atomic E-state index is 0.622. The fraction of sp³-hybridized carbons (Fsp3) is 0.600. The van der Waals surface area contributed by atoms with Crippen LogP contribution in [0.2, 0.25) is 0 Å². The van der Waals surface area contributed by atoms with Crippen molar-refractivity contribution in [2.24, 2.45) is 5.41 Å². The van der Waals surface area contributed by atoms with Crippen LogP contribution in [-0.4, -0.2) is 13.1 Å². The van der Waals surface area contributed by atoms with Crippen molar-refractivity contribution >= 4 is 27.3 Å². The van der Waals surface area contributed by atoms with E-state index < -0.39 is 0 Å². The minimum atomic E-state index is 0.622. The van der Waals surface area contributed by atoms with E-state index in [1.165, 1.54) is 57.3 Å². The molecule has 2 nitrogen and oxygen atoms in total. The molecule has 1 aliphatic heterocycles. The summed E-state index contributed by atoms with van der Waals surface area (Å²) in [6, 6.07) is 6.15. The average Bonchev–Trinajstić information content (AvgIpc) is 2.53. The zero-order valence-corrected chi connectivity index (χ0v) is 12.4. The van der Waals surface area contributed by atoms with E-state index in [1.54, 1.807) is 0 Å². The first-order valence-corrected chi connectivity index (χ1v) is 7.78. The molecule has 3 heteroatoms. The lowest BCUT2D eigenvalue weighted by atomic mass is 9.73. The van der Waals surface area contributed by atoms with E-state index >= 15 is 0 Å². The van der Waals surface area contributed by atoms with Gasteiger partial charge in [-0.15, -0.1) is 0 Å². The molecule has 1 saturated carbocycles. The van der Waals surface area contributed by atoms with Gasteiger partial charge in [-0.2, -0.15) is 0 Å². The van der Waals surface area contributed by atoms with E-state index in [-0.39, 0.29) is 0 Å². The molecule has 98 valence electrons. The zero-order valence-electron chi connectivity index (χ0n) is 10.8. The predicted octanol–water partition coefficient (Wildman–Crippen LogP) is 4.19. The summed E-state index contributed by atoms with van der Waals surface area (Å²) < 4.78 is 1.13. The number of anilines is 2. The van der Waals surface area contributed by atoms with Crippen LogP contribution in [0, 0.1) is 5.41 Å². The highest BCUT2D eigenvalue weighted by atomic mass is 79.9. The summed E-state index contributed by atoms with van der Waals surface area (Å²) >= 11 is 3.63. The zero-order chi connectivity index (χ0) is 12.6. The SMILES string of the molecule is Nc1ccc(N2CC3(CCCCCC3)C2)c(Br)c1.